The van der Waals surface area contributed by atoms with Crippen LogP contribution in [0.2, 0.25) is 0 Å². The third-order valence-electron chi connectivity index (χ3n) is 8.67. The smallest absolute Gasteiger partial charge is 0.252 e. The van der Waals surface area contributed by atoms with Crippen LogP contribution in [0.25, 0.3) is 0 Å². The monoisotopic (exact) mass is 460 g/mol. The van der Waals surface area contributed by atoms with Crippen LogP contribution in [0.4, 0.5) is 11.4 Å². The molecule has 1 aliphatic heterocycles. The average Bonchev–Trinajstić information content (AvgIpc) is 2.78. The molecule has 4 fully saturated rings. The molecule has 7 rings (SSSR count). The number of aromatic nitrogens is 1. The topological polar surface area (TPSA) is 109 Å². The summed E-state index contributed by atoms with van der Waals surface area (Å²) < 4.78 is 0. The van der Waals surface area contributed by atoms with Crippen molar-refractivity contribution < 1.29 is 14.7 Å². The van der Waals surface area contributed by atoms with E-state index in [4.69, 9.17) is 5.73 Å². The first-order valence-electron chi connectivity index (χ1n) is 12.4. The number of benzene rings is 1. The van der Waals surface area contributed by atoms with Gasteiger partial charge in [0.05, 0.1) is 16.9 Å². The summed E-state index contributed by atoms with van der Waals surface area (Å²) in [6, 6.07) is 8.46. The van der Waals surface area contributed by atoms with Gasteiger partial charge in [-0.1, -0.05) is 12.1 Å². The summed E-state index contributed by atoms with van der Waals surface area (Å²) in [5.74, 6) is 1.11. The van der Waals surface area contributed by atoms with Crippen LogP contribution in [0.1, 0.15) is 65.7 Å². The summed E-state index contributed by atoms with van der Waals surface area (Å²) in [6.07, 6.45) is 8.41. The lowest BCUT2D eigenvalue weighted by atomic mass is 9.52. The van der Waals surface area contributed by atoms with Crippen molar-refractivity contribution >= 4 is 23.2 Å². The van der Waals surface area contributed by atoms with E-state index in [0.717, 1.165) is 61.2 Å². The number of nitrogens with two attached hydrogens (primary N) is 1. The number of rotatable bonds is 5. The molecule has 4 aliphatic carbocycles. The molecule has 2 heterocycles. The molecule has 1 aromatic heterocycles. The predicted octanol–water partition coefficient (Wildman–Crippen LogP) is 3.03. The maximum absolute atomic E-state index is 12.2. The van der Waals surface area contributed by atoms with E-state index in [-0.39, 0.29) is 11.9 Å². The van der Waals surface area contributed by atoms with Gasteiger partial charge in [-0.3, -0.25) is 14.6 Å². The molecule has 2 aromatic rings. The zero-order valence-corrected chi connectivity index (χ0v) is 19.6. The van der Waals surface area contributed by atoms with Crippen molar-refractivity contribution in [3.05, 3.63) is 52.8 Å². The fraction of sp³-hybridized carbons (Fsp3) is 0.519. The fourth-order valence-electron chi connectivity index (χ4n) is 7.30. The molecule has 0 saturated heterocycles. The molecule has 5 atom stereocenters. The van der Waals surface area contributed by atoms with Crippen LogP contribution < -0.4 is 16.0 Å². The fourth-order valence-corrected chi connectivity index (χ4v) is 7.30. The molecular weight excluding hydrogens is 428 g/mol. The van der Waals surface area contributed by atoms with E-state index < -0.39 is 11.5 Å². The highest BCUT2D eigenvalue weighted by Crippen LogP contribution is 2.56. The summed E-state index contributed by atoms with van der Waals surface area (Å²) in [7, 11) is 1.83. The van der Waals surface area contributed by atoms with Gasteiger partial charge in [0.25, 0.3) is 5.91 Å². The maximum Gasteiger partial charge on any atom is 0.252 e. The highest BCUT2D eigenvalue weighted by molar-refractivity contribution is 5.98. The Bertz CT molecular complexity index is 1160. The van der Waals surface area contributed by atoms with Crippen LogP contribution in [0, 0.1) is 17.8 Å². The summed E-state index contributed by atoms with van der Waals surface area (Å²) in [6.45, 7) is 0. The number of aryl methyl sites for hydroxylation is 1. The number of carbonyl (C=O) groups excluding carboxylic acids is 2. The third kappa shape index (κ3) is 3.66. The molecule has 5 aliphatic rings. The number of primary amides is 1. The van der Waals surface area contributed by atoms with Crippen molar-refractivity contribution in [1.82, 2.24) is 4.98 Å². The number of amides is 2. The van der Waals surface area contributed by atoms with Crippen molar-refractivity contribution in [2.45, 2.75) is 63.0 Å². The zero-order chi connectivity index (χ0) is 23.6. The van der Waals surface area contributed by atoms with Gasteiger partial charge in [0.1, 0.15) is 0 Å². The number of carbonyl (C=O) groups is 2. The van der Waals surface area contributed by atoms with Gasteiger partial charge >= 0.3 is 0 Å². The number of nitrogens with one attached hydrogen (secondary N) is 1. The first-order valence-corrected chi connectivity index (χ1v) is 12.4. The largest absolute Gasteiger partial charge is 0.390 e. The van der Waals surface area contributed by atoms with Gasteiger partial charge in [-0.25, -0.2) is 0 Å². The minimum atomic E-state index is -0.494. The van der Waals surface area contributed by atoms with Gasteiger partial charge in [-0.15, -0.1) is 0 Å². The molecule has 0 spiro atoms. The molecule has 2 amide bonds. The number of hydrogen-bond acceptors (Lipinski definition) is 5. The van der Waals surface area contributed by atoms with E-state index >= 15 is 0 Å². The van der Waals surface area contributed by atoms with E-state index in [9.17, 15) is 14.7 Å². The Morgan fingerprint density at radius 2 is 1.97 bits per heavy atom. The Morgan fingerprint density at radius 1 is 1.21 bits per heavy atom. The molecule has 4 bridgehead atoms. The van der Waals surface area contributed by atoms with Crippen molar-refractivity contribution in [2.24, 2.45) is 23.5 Å². The minimum Gasteiger partial charge on any atom is -0.390 e. The summed E-state index contributed by atoms with van der Waals surface area (Å²) in [5, 5.41) is 14.6. The highest BCUT2D eigenvalue weighted by Gasteiger charge is 2.54. The van der Waals surface area contributed by atoms with Crippen molar-refractivity contribution in [3.63, 3.8) is 0 Å². The van der Waals surface area contributed by atoms with Crippen molar-refractivity contribution in [3.8, 4) is 0 Å². The average molecular weight is 461 g/mol. The lowest BCUT2D eigenvalue weighted by molar-refractivity contribution is -0.129. The first kappa shape index (κ1) is 21.6. The molecule has 4 N–H and O–H groups in total. The predicted molar refractivity (Wildman–Crippen MR) is 130 cm³/mol. The number of pyridine rings is 1. The van der Waals surface area contributed by atoms with E-state index in [1.807, 2.05) is 13.1 Å². The number of fused-ring (bicyclic) bond motifs is 1. The van der Waals surface area contributed by atoms with Crippen LogP contribution in [-0.2, 0) is 17.6 Å². The molecule has 0 radical (unpaired) electrons. The summed E-state index contributed by atoms with van der Waals surface area (Å²) >= 11 is 0. The molecule has 7 heteroatoms. The quantitative estimate of drug-likeness (QED) is 0.636. The SMILES string of the molecule is CN1C(=O)CCc2ccc(Cc3cc(NC4[C@@H]5CC6C[C@H]4CC(O)(C6)C5)c(C(N)=O)cn3)cc21. The van der Waals surface area contributed by atoms with Crippen LogP contribution in [0.3, 0.4) is 0 Å². The molecule has 3 unspecified atom stereocenters. The number of nitrogens with zero attached hydrogens (tertiary/aromatic N) is 2. The Kier molecular flexibility index (Phi) is 4.96. The second-order valence-electron chi connectivity index (χ2n) is 11.0. The molecule has 34 heavy (non-hydrogen) atoms. The van der Waals surface area contributed by atoms with Gasteiger partial charge < -0.3 is 21.1 Å². The maximum atomic E-state index is 12.2. The second kappa shape index (κ2) is 7.80. The van der Waals surface area contributed by atoms with E-state index in [1.54, 1.807) is 11.1 Å². The standard InChI is InChI=1S/C27H32N4O3/c1-31-23-9-15(2-3-17(23)4-5-24(31)32)8-20-10-22(21(14-29-20)26(28)33)30-25-18-6-16-7-19(25)13-27(34,11-16)12-18/h2-3,9-10,14,16,18-19,25,34H,4-8,11-13H2,1H3,(H2,28,33)(H,29,30)/t16?,18-,19+,25?,27?. The van der Waals surface area contributed by atoms with Gasteiger partial charge in [0.15, 0.2) is 0 Å². The number of anilines is 2. The zero-order valence-electron chi connectivity index (χ0n) is 19.6. The Hall–Kier alpha value is -2.93. The number of aliphatic hydroxyl groups is 1. The van der Waals surface area contributed by atoms with Crippen LogP contribution in [-0.4, -0.2) is 40.6 Å². The molecule has 4 saturated carbocycles. The minimum absolute atomic E-state index is 0.139. The second-order valence-corrected chi connectivity index (χ2v) is 11.0. The van der Waals surface area contributed by atoms with E-state index in [2.05, 4.69) is 28.5 Å². The van der Waals surface area contributed by atoms with Crippen molar-refractivity contribution in [1.29, 1.82) is 0 Å². The van der Waals surface area contributed by atoms with Crippen molar-refractivity contribution in [2.75, 3.05) is 17.3 Å². The molecule has 178 valence electrons. The van der Waals surface area contributed by atoms with Gasteiger partial charge in [0.2, 0.25) is 5.91 Å². The summed E-state index contributed by atoms with van der Waals surface area (Å²) in [5.41, 5.74) is 10.4. The summed E-state index contributed by atoms with van der Waals surface area (Å²) in [4.78, 5) is 30.6. The first-order chi connectivity index (χ1) is 16.3. The van der Waals surface area contributed by atoms with Gasteiger partial charge in [-0.2, -0.15) is 0 Å². The van der Waals surface area contributed by atoms with Gasteiger partial charge in [-0.05, 0) is 79.5 Å². The lowest BCUT2D eigenvalue weighted by Gasteiger charge is -2.58. The molecular formula is C27H32N4O3. The van der Waals surface area contributed by atoms with Gasteiger partial charge in [0, 0.05) is 43.5 Å². The van der Waals surface area contributed by atoms with Crippen LogP contribution in [0.15, 0.2) is 30.5 Å². The van der Waals surface area contributed by atoms with Crippen LogP contribution in [0.5, 0.6) is 0 Å². The van der Waals surface area contributed by atoms with E-state index in [1.165, 1.54) is 5.56 Å². The van der Waals surface area contributed by atoms with E-state index in [0.29, 0.717) is 36.2 Å². The number of hydrogen-bond donors (Lipinski definition) is 3. The highest BCUT2D eigenvalue weighted by atomic mass is 16.3. The molecule has 7 nitrogen and oxygen atoms in total. The van der Waals surface area contributed by atoms with Crippen LogP contribution >= 0.6 is 0 Å². The lowest BCUT2D eigenvalue weighted by Crippen LogP contribution is -2.59. The Morgan fingerprint density at radius 3 is 2.68 bits per heavy atom. The normalized spacial score (nSPS) is 31.5. The molecule has 1 aromatic carbocycles. The Labute approximate surface area is 199 Å². The Balaban J connectivity index is 1.27. The third-order valence-corrected chi connectivity index (χ3v) is 8.67.